The quantitative estimate of drug-likeness (QED) is 0.692. The van der Waals surface area contributed by atoms with Gasteiger partial charge in [-0.25, -0.2) is 4.79 Å². The maximum absolute atomic E-state index is 12.1. The summed E-state index contributed by atoms with van der Waals surface area (Å²) in [5.41, 5.74) is 1.06. The van der Waals surface area contributed by atoms with Gasteiger partial charge in [0.1, 0.15) is 0 Å². The van der Waals surface area contributed by atoms with Crippen molar-refractivity contribution in [2.24, 2.45) is 0 Å². The summed E-state index contributed by atoms with van der Waals surface area (Å²) in [5.74, 6) is 0. The molecule has 1 aromatic rings. The number of amides is 2. The third-order valence-electron chi connectivity index (χ3n) is 3.39. The lowest BCUT2D eigenvalue weighted by Crippen LogP contribution is -2.43. The number of hydrogen-bond donors (Lipinski definition) is 3. The molecule has 0 heterocycles. The average molecular weight is 310 g/mol. The van der Waals surface area contributed by atoms with Crippen LogP contribution in [0.1, 0.15) is 38.3 Å². The van der Waals surface area contributed by atoms with Gasteiger partial charge in [-0.2, -0.15) is 11.8 Å². The number of benzene rings is 1. The number of thioether (sulfide) groups is 1. The van der Waals surface area contributed by atoms with Crippen LogP contribution in [0, 0.1) is 0 Å². The van der Waals surface area contributed by atoms with Gasteiger partial charge in [0.15, 0.2) is 0 Å². The average Bonchev–Trinajstić information content (AvgIpc) is 2.50. The van der Waals surface area contributed by atoms with Gasteiger partial charge < -0.3 is 15.7 Å². The summed E-state index contributed by atoms with van der Waals surface area (Å²) in [5, 5.41) is 14.9. The molecule has 1 rings (SSSR count). The summed E-state index contributed by atoms with van der Waals surface area (Å²) in [6.45, 7) is 4.93. The molecule has 21 heavy (non-hydrogen) atoms. The smallest absolute Gasteiger partial charge is 0.315 e. The standard InChI is InChI=1S/C16H26N2O2S/c1-16(2,21-3)12-17-15(20)18-14(10-7-11-19)13-8-5-4-6-9-13/h4-6,8-9,14,19H,7,10-12H2,1-3H3,(H2,17,18,20). The van der Waals surface area contributed by atoms with Crippen molar-refractivity contribution in [3.05, 3.63) is 35.9 Å². The van der Waals surface area contributed by atoms with E-state index in [1.54, 1.807) is 11.8 Å². The lowest BCUT2D eigenvalue weighted by atomic mass is 10.0. The Morgan fingerprint density at radius 3 is 2.57 bits per heavy atom. The monoisotopic (exact) mass is 310 g/mol. The lowest BCUT2D eigenvalue weighted by Gasteiger charge is -2.24. The molecule has 2 amide bonds. The maximum atomic E-state index is 12.1. The third-order valence-corrected chi connectivity index (χ3v) is 4.63. The second kappa shape index (κ2) is 8.95. The molecule has 0 fully saturated rings. The summed E-state index contributed by atoms with van der Waals surface area (Å²) < 4.78 is 0.0185. The normalized spacial score (nSPS) is 12.8. The van der Waals surface area contributed by atoms with Crippen LogP contribution >= 0.6 is 11.8 Å². The van der Waals surface area contributed by atoms with Gasteiger partial charge in [0.2, 0.25) is 0 Å². The summed E-state index contributed by atoms with van der Waals surface area (Å²) in [6.07, 6.45) is 3.42. The summed E-state index contributed by atoms with van der Waals surface area (Å²) in [4.78, 5) is 12.1. The van der Waals surface area contributed by atoms with Crippen molar-refractivity contribution in [1.82, 2.24) is 10.6 Å². The number of urea groups is 1. The van der Waals surface area contributed by atoms with Crippen LogP contribution in [0.4, 0.5) is 4.79 Å². The number of carbonyl (C=O) groups excluding carboxylic acids is 1. The zero-order valence-electron chi connectivity index (χ0n) is 13.1. The fourth-order valence-electron chi connectivity index (χ4n) is 1.88. The molecule has 1 unspecified atom stereocenters. The summed E-state index contributed by atoms with van der Waals surface area (Å²) in [6, 6.07) is 9.62. The molecule has 0 spiro atoms. The van der Waals surface area contributed by atoms with Gasteiger partial charge in [-0.3, -0.25) is 0 Å². The first kappa shape index (κ1) is 17.9. The Morgan fingerprint density at radius 1 is 1.33 bits per heavy atom. The molecular formula is C16H26N2O2S. The predicted molar refractivity (Wildman–Crippen MR) is 89.6 cm³/mol. The molecule has 0 aliphatic heterocycles. The number of nitrogens with one attached hydrogen (secondary N) is 2. The van der Waals surface area contributed by atoms with Crippen molar-refractivity contribution in [2.45, 2.75) is 37.5 Å². The van der Waals surface area contributed by atoms with E-state index in [1.807, 2.05) is 36.6 Å². The molecular weight excluding hydrogens is 284 g/mol. The summed E-state index contributed by atoms with van der Waals surface area (Å²) in [7, 11) is 0. The second-order valence-corrected chi connectivity index (χ2v) is 7.13. The van der Waals surface area contributed by atoms with E-state index >= 15 is 0 Å². The van der Waals surface area contributed by atoms with Crippen molar-refractivity contribution in [2.75, 3.05) is 19.4 Å². The minimum absolute atomic E-state index is 0.0185. The maximum Gasteiger partial charge on any atom is 0.315 e. The Kier molecular flexibility index (Phi) is 7.61. The minimum atomic E-state index is -0.163. The molecule has 3 N–H and O–H groups in total. The van der Waals surface area contributed by atoms with Gasteiger partial charge in [-0.15, -0.1) is 0 Å². The Balaban J connectivity index is 2.58. The Morgan fingerprint density at radius 2 is 2.00 bits per heavy atom. The van der Waals surface area contributed by atoms with Gasteiger partial charge in [0, 0.05) is 17.9 Å². The molecule has 1 aromatic carbocycles. The van der Waals surface area contributed by atoms with Crippen LogP contribution in [0.25, 0.3) is 0 Å². The van der Waals surface area contributed by atoms with Crippen LogP contribution in [0.5, 0.6) is 0 Å². The zero-order chi connectivity index (χ0) is 15.7. The minimum Gasteiger partial charge on any atom is -0.396 e. The van der Waals surface area contributed by atoms with Crippen LogP contribution in [-0.2, 0) is 0 Å². The van der Waals surface area contributed by atoms with Gasteiger partial charge >= 0.3 is 6.03 Å². The molecule has 0 aliphatic carbocycles. The van der Waals surface area contributed by atoms with Gasteiger partial charge in [-0.1, -0.05) is 30.3 Å². The van der Waals surface area contributed by atoms with Crippen LogP contribution in [0.3, 0.4) is 0 Å². The van der Waals surface area contributed by atoms with Crippen LogP contribution in [0.2, 0.25) is 0 Å². The first-order chi connectivity index (χ1) is 9.98. The number of rotatable bonds is 8. The molecule has 5 heteroatoms. The Hall–Kier alpha value is -1.20. The molecule has 0 aliphatic rings. The van der Waals surface area contributed by atoms with E-state index in [4.69, 9.17) is 5.11 Å². The highest BCUT2D eigenvalue weighted by molar-refractivity contribution is 7.99. The first-order valence-electron chi connectivity index (χ1n) is 7.24. The van der Waals surface area contributed by atoms with Gasteiger partial charge in [0.05, 0.1) is 6.04 Å². The SMILES string of the molecule is CSC(C)(C)CNC(=O)NC(CCCO)c1ccccc1. The largest absolute Gasteiger partial charge is 0.396 e. The van der Waals surface area contributed by atoms with E-state index < -0.39 is 0 Å². The highest BCUT2D eigenvalue weighted by Crippen LogP contribution is 2.20. The molecule has 4 nitrogen and oxygen atoms in total. The molecule has 0 bridgehead atoms. The number of aliphatic hydroxyl groups excluding tert-OH is 1. The summed E-state index contributed by atoms with van der Waals surface area (Å²) >= 11 is 1.72. The zero-order valence-corrected chi connectivity index (χ0v) is 13.9. The topological polar surface area (TPSA) is 61.4 Å². The molecule has 0 saturated carbocycles. The Bertz CT molecular complexity index is 424. The van der Waals surface area contributed by atoms with E-state index in [-0.39, 0.29) is 23.4 Å². The van der Waals surface area contributed by atoms with Crippen molar-refractivity contribution < 1.29 is 9.90 Å². The molecule has 0 aromatic heterocycles. The van der Waals surface area contributed by atoms with Gasteiger partial charge in [0.25, 0.3) is 0 Å². The highest BCUT2D eigenvalue weighted by Gasteiger charge is 2.19. The van der Waals surface area contributed by atoms with E-state index in [0.29, 0.717) is 13.0 Å². The number of carbonyl (C=O) groups is 1. The fraction of sp³-hybridized carbons (Fsp3) is 0.562. The highest BCUT2D eigenvalue weighted by atomic mass is 32.2. The number of aliphatic hydroxyl groups is 1. The van der Waals surface area contributed by atoms with E-state index in [2.05, 4.69) is 24.5 Å². The van der Waals surface area contributed by atoms with Crippen molar-refractivity contribution in [3.8, 4) is 0 Å². The molecule has 1 atom stereocenters. The van der Waals surface area contributed by atoms with E-state index in [9.17, 15) is 4.79 Å². The first-order valence-corrected chi connectivity index (χ1v) is 8.46. The van der Waals surface area contributed by atoms with Crippen molar-refractivity contribution in [1.29, 1.82) is 0 Å². The molecule has 0 saturated heterocycles. The van der Waals surface area contributed by atoms with Crippen LogP contribution in [0.15, 0.2) is 30.3 Å². The predicted octanol–water partition coefficient (Wildman–Crippen LogP) is 2.94. The van der Waals surface area contributed by atoms with Gasteiger partial charge in [-0.05, 0) is 38.5 Å². The molecule has 0 radical (unpaired) electrons. The van der Waals surface area contributed by atoms with Crippen molar-refractivity contribution >= 4 is 17.8 Å². The molecule has 118 valence electrons. The van der Waals surface area contributed by atoms with Crippen molar-refractivity contribution in [3.63, 3.8) is 0 Å². The lowest BCUT2D eigenvalue weighted by molar-refractivity contribution is 0.232. The fourth-order valence-corrected chi connectivity index (χ4v) is 2.09. The van der Waals surface area contributed by atoms with E-state index in [0.717, 1.165) is 12.0 Å². The van der Waals surface area contributed by atoms with E-state index in [1.165, 1.54) is 0 Å². The Labute approximate surface area is 131 Å². The van der Waals surface area contributed by atoms with Crippen LogP contribution in [-0.4, -0.2) is 35.3 Å². The third kappa shape index (κ3) is 6.87. The second-order valence-electron chi connectivity index (χ2n) is 5.62. The number of hydrogen-bond acceptors (Lipinski definition) is 3. The van der Waals surface area contributed by atoms with Crippen LogP contribution < -0.4 is 10.6 Å².